The lowest BCUT2D eigenvalue weighted by Gasteiger charge is -2.25. The van der Waals surface area contributed by atoms with E-state index in [0.29, 0.717) is 12.8 Å². The Kier molecular flexibility index (Phi) is 5.14. The van der Waals surface area contributed by atoms with Crippen molar-refractivity contribution in [3.8, 4) is 5.75 Å². The largest absolute Gasteiger partial charge is 0.497 e. The maximum absolute atomic E-state index is 13.2. The molecule has 1 fully saturated rings. The first-order valence-corrected chi connectivity index (χ1v) is 8.35. The van der Waals surface area contributed by atoms with E-state index in [2.05, 4.69) is 0 Å². The third kappa shape index (κ3) is 3.75. The predicted molar refractivity (Wildman–Crippen MR) is 91.4 cm³/mol. The fourth-order valence-electron chi connectivity index (χ4n) is 3.35. The number of hydrogen-bond acceptors (Lipinski definition) is 2. The molecule has 1 amide bonds. The standard InChI is InChI=1S/C20H22FNO2/c1-24-18-8-3-6-16(14-18)19-9-4-12-22(19)20(23)11-10-15-5-2-7-17(21)13-15/h2-3,5-8,13-14,19H,4,9-12H2,1H3. The minimum absolute atomic E-state index is 0.111. The minimum atomic E-state index is -0.254. The maximum Gasteiger partial charge on any atom is 0.223 e. The second-order valence-corrected chi connectivity index (χ2v) is 6.15. The van der Waals surface area contributed by atoms with Crippen molar-refractivity contribution in [2.24, 2.45) is 0 Å². The zero-order valence-electron chi connectivity index (χ0n) is 13.9. The van der Waals surface area contributed by atoms with Gasteiger partial charge in [-0.25, -0.2) is 4.39 Å². The molecule has 2 aromatic carbocycles. The number of halogens is 1. The monoisotopic (exact) mass is 327 g/mol. The molecule has 1 unspecified atom stereocenters. The van der Waals surface area contributed by atoms with Crippen molar-refractivity contribution in [2.45, 2.75) is 31.7 Å². The highest BCUT2D eigenvalue weighted by Crippen LogP contribution is 2.34. The zero-order valence-corrected chi connectivity index (χ0v) is 13.9. The maximum atomic E-state index is 13.2. The average molecular weight is 327 g/mol. The molecule has 0 spiro atoms. The molecule has 24 heavy (non-hydrogen) atoms. The number of likely N-dealkylation sites (tertiary alicyclic amines) is 1. The van der Waals surface area contributed by atoms with Crippen LogP contribution in [0.5, 0.6) is 5.75 Å². The van der Waals surface area contributed by atoms with E-state index in [-0.39, 0.29) is 17.8 Å². The van der Waals surface area contributed by atoms with Crippen LogP contribution in [0.4, 0.5) is 4.39 Å². The molecular formula is C20H22FNO2. The van der Waals surface area contributed by atoms with E-state index in [0.717, 1.165) is 36.3 Å². The lowest BCUT2D eigenvalue weighted by Crippen LogP contribution is -2.30. The van der Waals surface area contributed by atoms with Gasteiger partial charge in [-0.3, -0.25) is 4.79 Å². The van der Waals surface area contributed by atoms with Gasteiger partial charge in [0.1, 0.15) is 11.6 Å². The molecule has 1 aliphatic rings. The van der Waals surface area contributed by atoms with Gasteiger partial charge in [0.2, 0.25) is 5.91 Å². The lowest BCUT2D eigenvalue weighted by atomic mass is 10.0. The minimum Gasteiger partial charge on any atom is -0.497 e. The highest BCUT2D eigenvalue weighted by molar-refractivity contribution is 5.77. The molecule has 126 valence electrons. The van der Waals surface area contributed by atoms with Crippen molar-refractivity contribution in [1.82, 2.24) is 4.90 Å². The summed E-state index contributed by atoms with van der Waals surface area (Å²) < 4.78 is 18.5. The fraction of sp³-hybridized carbons (Fsp3) is 0.350. The highest BCUT2D eigenvalue weighted by atomic mass is 19.1. The number of aryl methyl sites for hydroxylation is 1. The number of carbonyl (C=O) groups excluding carboxylic acids is 1. The summed E-state index contributed by atoms with van der Waals surface area (Å²) in [6.07, 6.45) is 2.95. The van der Waals surface area contributed by atoms with Gasteiger partial charge < -0.3 is 9.64 Å². The molecule has 0 saturated carbocycles. The number of amides is 1. The Morgan fingerprint density at radius 3 is 2.88 bits per heavy atom. The number of carbonyl (C=O) groups is 1. The molecule has 2 aromatic rings. The Bertz CT molecular complexity index is 716. The summed E-state index contributed by atoms with van der Waals surface area (Å²) in [6.45, 7) is 0.782. The van der Waals surface area contributed by atoms with Crippen LogP contribution in [0.15, 0.2) is 48.5 Å². The fourth-order valence-corrected chi connectivity index (χ4v) is 3.35. The first-order chi connectivity index (χ1) is 11.7. The van der Waals surface area contributed by atoms with Crippen LogP contribution in [-0.2, 0) is 11.2 Å². The van der Waals surface area contributed by atoms with Gasteiger partial charge in [0.05, 0.1) is 13.2 Å². The van der Waals surface area contributed by atoms with Crippen LogP contribution < -0.4 is 4.74 Å². The molecule has 3 rings (SSSR count). The first-order valence-electron chi connectivity index (χ1n) is 8.35. The van der Waals surface area contributed by atoms with Crippen LogP contribution in [0.1, 0.15) is 36.4 Å². The van der Waals surface area contributed by atoms with Crippen LogP contribution in [0.25, 0.3) is 0 Å². The van der Waals surface area contributed by atoms with Crippen molar-refractivity contribution >= 4 is 5.91 Å². The Balaban J connectivity index is 1.67. The van der Waals surface area contributed by atoms with E-state index < -0.39 is 0 Å². The van der Waals surface area contributed by atoms with E-state index in [1.165, 1.54) is 12.1 Å². The van der Waals surface area contributed by atoms with E-state index in [4.69, 9.17) is 4.74 Å². The van der Waals surface area contributed by atoms with Gasteiger partial charge >= 0.3 is 0 Å². The van der Waals surface area contributed by atoms with Crippen molar-refractivity contribution in [1.29, 1.82) is 0 Å². The second kappa shape index (κ2) is 7.47. The smallest absolute Gasteiger partial charge is 0.223 e. The summed E-state index contributed by atoms with van der Waals surface area (Å²) in [7, 11) is 1.65. The summed E-state index contributed by atoms with van der Waals surface area (Å²) in [5.41, 5.74) is 1.98. The molecule has 3 nitrogen and oxygen atoms in total. The summed E-state index contributed by atoms with van der Waals surface area (Å²) in [5, 5.41) is 0. The summed E-state index contributed by atoms with van der Waals surface area (Å²) in [6, 6.07) is 14.5. The normalized spacial score (nSPS) is 17.1. The quantitative estimate of drug-likeness (QED) is 0.826. The molecule has 1 aliphatic heterocycles. The Hall–Kier alpha value is -2.36. The summed E-state index contributed by atoms with van der Waals surface area (Å²) in [4.78, 5) is 14.6. The van der Waals surface area contributed by atoms with Gasteiger partial charge in [0.25, 0.3) is 0 Å². The first kappa shape index (κ1) is 16.5. The lowest BCUT2D eigenvalue weighted by molar-refractivity contribution is -0.132. The van der Waals surface area contributed by atoms with Gasteiger partial charge in [-0.15, -0.1) is 0 Å². The number of ether oxygens (including phenoxy) is 1. The number of benzene rings is 2. The predicted octanol–water partition coefficient (Wildman–Crippen LogP) is 4.13. The van der Waals surface area contributed by atoms with Crippen molar-refractivity contribution in [3.05, 3.63) is 65.5 Å². The molecule has 0 radical (unpaired) electrons. The Morgan fingerprint density at radius 2 is 2.08 bits per heavy atom. The molecule has 1 heterocycles. The van der Waals surface area contributed by atoms with E-state index >= 15 is 0 Å². The molecule has 1 atom stereocenters. The number of nitrogens with zero attached hydrogens (tertiary/aromatic N) is 1. The summed E-state index contributed by atoms with van der Waals surface area (Å²) >= 11 is 0. The van der Waals surface area contributed by atoms with Crippen LogP contribution in [-0.4, -0.2) is 24.5 Å². The van der Waals surface area contributed by atoms with Gasteiger partial charge in [-0.1, -0.05) is 24.3 Å². The highest BCUT2D eigenvalue weighted by Gasteiger charge is 2.29. The average Bonchev–Trinajstić information content (AvgIpc) is 3.09. The van der Waals surface area contributed by atoms with E-state index in [1.54, 1.807) is 13.2 Å². The third-order valence-electron chi connectivity index (χ3n) is 4.57. The molecule has 0 bridgehead atoms. The molecule has 1 saturated heterocycles. The third-order valence-corrected chi connectivity index (χ3v) is 4.57. The van der Waals surface area contributed by atoms with E-state index in [1.807, 2.05) is 35.2 Å². The van der Waals surface area contributed by atoms with Gasteiger partial charge in [-0.05, 0) is 54.7 Å². The van der Waals surface area contributed by atoms with Gasteiger partial charge in [-0.2, -0.15) is 0 Å². The summed E-state index contributed by atoms with van der Waals surface area (Å²) in [5.74, 6) is 0.687. The molecular weight excluding hydrogens is 305 g/mol. The van der Waals surface area contributed by atoms with E-state index in [9.17, 15) is 9.18 Å². The SMILES string of the molecule is COc1cccc(C2CCCN2C(=O)CCc2cccc(F)c2)c1. The van der Waals surface area contributed by atoms with Crippen LogP contribution in [0, 0.1) is 5.82 Å². The van der Waals surface area contributed by atoms with Crippen molar-refractivity contribution in [2.75, 3.05) is 13.7 Å². The molecule has 0 aliphatic carbocycles. The van der Waals surface area contributed by atoms with Crippen LogP contribution in [0.3, 0.4) is 0 Å². The van der Waals surface area contributed by atoms with Crippen LogP contribution >= 0.6 is 0 Å². The van der Waals surface area contributed by atoms with Crippen LogP contribution in [0.2, 0.25) is 0 Å². The van der Waals surface area contributed by atoms with Crippen molar-refractivity contribution < 1.29 is 13.9 Å². The topological polar surface area (TPSA) is 29.5 Å². The Morgan fingerprint density at radius 1 is 1.25 bits per heavy atom. The van der Waals surface area contributed by atoms with Gasteiger partial charge in [0.15, 0.2) is 0 Å². The number of hydrogen-bond donors (Lipinski definition) is 0. The zero-order chi connectivity index (χ0) is 16.9. The van der Waals surface area contributed by atoms with Gasteiger partial charge in [0, 0.05) is 13.0 Å². The molecule has 0 aromatic heterocycles. The second-order valence-electron chi connectivity index (χ2n) is 6.15. The van der Waals surface area contributed by atoms with Crippen molar-refractivity contribution in [3.63, 3.8) is 0 Å². The molecule has 0 N–H and O–H groups in total. The number of rotatable bonds is 5. The molecule has 4 heteroatoms. The number of methoxy groups -OCH3 is 1. The Labute approximate surface area is 142 Å².